The van der Waals surface area contributed by atoms with E-state index in [1.165, 1.54) is 0 Å². The Labute approximate surface area is 154 Å². The quantitative estimate of drug-likeness (QED) is 0.737. The van der Waals surface area contributed by atoms with E-state index >= 15 is 0 Å². The molecular weight excluding hydrogens is 356 g/mol. The van der Waals surface area contributed by atoms with Gasteiger partial charge < -0.3 is 14.6 Å². The van der Waals surface area contributed by atoms with Crippen molar-refractivity contribution >= 4 is 40.1 Å². The Morgan fingerprint density at radius 2 is 2.08 bits per heavy atom. The Balaban J connectivity index is 1.38. The van der Waals surface area contributed by atoms with Crippen molar-refractivity contribution in [3.8, 4) is 0 Å². The number of fused-ring (bicyclic) bond motifs is 1. The molecule has 3 heterocycles. The summed E-state index contributed by atoms with van der Waals surface area (Å²) in [6, 6.07) is 8.80. The number of carbonyl (C=O) groups excluding carboxylic acids is 1. The molecule has 2 aromatic heterocycles. The minimum Gasteiger partial charge on any atom is -0.408 e. The van der Waals surface area contributed by atoms with E-state index in [4.69, 9.17) is 16.0 Å². The molecule has 0 spiro atoms. The summed E-state index contributed by atoms with van der Waals surface area (Å²) >= 11 is 5.87. The molecule has 1 saturated heterocycles. The van der Waals surface area contributed by atoms with Gasteiger partial charge in [0.1, 0.15) is 5.82 Å². The predicted molar refractivity (Wildman–Crippen MR) is 99.6 cm³/mol. The van der Waals surface area contributed by atoms with Gasteiger partial charge in [0.05, 0.1) is 10.5 Å². The van der Waals surface area contributed by atoms with Gasteiger partial charge in [-0.3, -0.25) is 9.78 Å². The molecule has 1 aromatic carbocycles. The number of aromatic nitrogens is 2. The van der Waals surface area contributed by atoms with Crippen molar-refractivity contribution in [2.75, 3.05) is 23.3 Å². The third-order valence-electron chi connectivity index (χ3n) is 4.59. The number of amides is 1. The standard InChI is InChI=1S/C18H17ClN4O3/c19-12-1-4-16(20-10-12)23-7-5-11(6-8-23)17(24)21-13-2-3-15-14(9-13)22-18(25)26-15/h1-4,9-11H,5-8H2,(H,21,24)(H,22,25). The molecule has 0 unspecified atom stereocenters. The lowest BCUT2D eigenvalue weighted by Crippen LogP contribution is -2.38. The summed E-state index contributed by atoms with van der Waals surface area (Å²) in [5, 5.41) is 3.53. The third kappa shape index (κ3) is 3.43. The summed E-state index contributed by atoms with van der Waals surface area (Å²) < 4.78 is 4.96. The van der Waals surface area contributed by atoms with Crippen LogP contribution in [-0.4, -0.2) is 29.0 Å². The Bertz CT molecular complexity index is 988. The Morgan fingerprint density at radius 1 is 1.27 bits per heavy atom. The van der Waals surface area contributed by atoms with Crippen LogP contribution in [0.3, 0.4) is 0 Å². The average molecular weight is 373 g/mol. The van der Waals surface area contributed by atoms with Crippen molar-refractivity contribution in [1.82, 2.24) is 9.97 Å². The minimum absolute atomic E-state index is 0.0149. The van der Waals surface area contributed by atoms with Crippen LogP contribution >= 0.6 is 11.6 Å². The lowest BCUT2D eigenvalue weighted by Gasteiger charge is -2.32. The van der Waals surface area contributed by atoms with E-state index in [1.54, 1.807) is 24.4 Å². The molecule has 0 saturated carbocycles. The number of halogens is 1. The number of hydrogen-bond acceptors (Lipinski definition) is 5. The van der Waals surface area contributed by atoms with E-state index in [0.29, 0.717) is 21.8 Å². The topological polar surface area (TPSA) is 91.2 Å². The number of H-pyrrole nitrogens is 1. The van der Waals surface area contributed by atoms with Crippen molar-refractivity contribution in [1.29, 1.82) is 0 Å². The highest BCUT2D eigenvalue weighted by Gasteiger charge is 2.25. The van der Waals surface area contributed by atoms with E-state index in [2.05, 4.69) is 20.2 Å². The van der Waals surface area contributed by atoms with E-state index in [0.717, 1.165) is 31.7 Å². The zero-order valence-electron chi connectivity index (χ0n) is 13.9. The molecule has 8 heteroatoms. The predicted octanol–water partition coefficient (Wildman–Crippen LogP) is 3.02. The molecule has 26 heavy (non-hydrogen) atoms. The molecular formula is C18H17ClN4O3. The average Bonchev–Trinajstić information content (AvgIpc) is 3.02. The van der Waals surface area contributed by atoms with Crippen molar-refractivity contribution in [2.45, 2.75) is 12.8 Å². The summed E-state index contributed by atoms with van der Waals surface area (Å²) in [5.74, 6) is 0.297. The number of hydrogen-bond donors (Lipinski definition) is 2. The lowest BCUT2D eigenvalue weighted by atomic mass is 9.95. The maximum absolute atomic E-state index is 12.5. The van der Waals surface area contributed by atoms with Gasteiger partial charge in [-0.1, -0.05) is 11.6 Å². The number of rotatable bonds is 3. The highest BCUT2D eigenvalue weighted by Crippen LogP contribution is 2.24. The van der Waals surface area contributed by atoms with Crippen LogP contribution in [0.1, 0.15) is 12.8 Å². The second-order valence-electron chi connectivity index (χ2n) is 6.31. The molecule has 4 rings (SSSR count). The Morgan fingerprint density at radius 3 is 2.81 bits per heavy atom. The molecule has 0 aliphatic carbocycles. The zero-order valence-corrected chi connectivity index (χ0v) is 14.6. The summed E-state index contributed by atoms with van der Waals surface area (Å²) in [5.41, 5.74) is 1.68. The highest BCUT2D eigenvalue weighted by atomic mass is 35.5. The van der Waals surface area contributed by atoms with Crippen LogP contribution in [0.5, 0.6) is 0 Å². The number of nitrogens with one attached hydrogen (secondary N) is 2. The van der Waals surface area contributed by atoms with Crippen molar-refractivity contribution in [2.24, 2.45) is 5.92 Å². The molecule has 1 fully saturated rings. The molecule has 134 valence electrons. The molecule has 3 aromatic rings. The van der Waals surface area contributed by atoms with Crippen LogP contribution in [0, 0.1) is 5.92 Å². The maximum Gasteiger partial charge on any atom is 0.417 e. The summed E-state index contributed by atoms with van der Waals surface area (Å²) in [6.45, 7) is 1.53. The van der Waals surface area contributed by atoms with E-state index in [-0.39, 0.29) is 11.8 Å². The second kappa shape index (κ2) is 6.84. The number of pyridine rings is 1. The normalized spacial score (nSPS) is 15.3. The van der Waals surface area contributed by atoms with Crippen LogP contribution in [0.2, 0.25) is 5.02 Å². The minimum atomic E-state index is -0.508. The van der Waals surface area contributed by atoms with Gasteiger partial charge in [0, 0.05) is 30.9 Å². The van der Waals surface area contributed by atoms with Gasteiger partial charge in [-0.15, -0.1) is 0 Å². The third-order valence-corrected chi connectivity index (χ3v) is 4.81. The van der Waals surface area contributed by atoms with Crippen LogP contribution in [-0.2, 0) is 4.79 Å². The molecule has 0 radical (unpaired) electrons. The van der Waals surface area contributed by atoms with Gasteiger partial charge >= 0.3 is 5.76 Å². The first-order valence-electron chi connectivity index (χ1n) is 8.39. The van der Waals surface area contributed by atoms with Crippen LogP contribution in [0.25, 0.3) is 11.1 Å². The Kier molecular flexibility index (Phi) is 4.38. The van der Waals surface area contributed by atoms with E-state index in [9.17, 15) is 9.59 Å². The van der Waals surface area contributed by atoms with Gasteiger partial charge in [0.2, 0.25) is 5.91 Å². The number of nitrogens with zero attached hydrogens (tertiary/aromatic N) is 2. The highest BCUT2D eigenvalue weighted by molar-refractivity contribution is 6.30. The summed E-state index contributed by atoms with van der Waals surface area (Å²) in [4.78, 5) is 32.8. The zero-order chi connectivity index (χ0) is 18.1. The first-order valence-corrected chi connectivity index (χ1v) is 8.76. The molecule has 2 N–H and O–H groups in total. The fourth-order valence-corrected chi connectivity index (χ4v) is 3.31. The number of aromatic amines is 1. The first kappa shape index (κ1) is 16.7. The number of piperidine rings is 1. The number of carbonyl (C=O) groups is 1. The molecule has 1 aliphatic rings. The van der Waals surface area contributed by atoms with Gasteiger partial charge in [-0.2, -0.15) is 0 Å². The van der Waals surface area contributed by atoms with Gasteiger partial charge in [0.25, 0.3) is 0 Å². The smallest absolute Gasteiger partial charge is 0.408 e. The van der Waals surface area contributed by atoms with Crippen LogP contribution in [0.15, 0.2) is 45.7 Å². The molecule has 0 bridgehead atoms. The molecule has 0 atom stereocenters. The number of benzene rings is 1. The summed E-state index contributed by atoms with van der Waals surface area (Å²) in [6.07, 6.45) is 3.13. The van der Waals surface area contributed by atoms with Crippen molar-refractivity contribution < 1.29 is 9.21 Å². The van der Waals surface area contributed by atoms with Crippen LogP contribution in [0.4, 0.5) is 11.5 Å². The van der Waals surface area contributed by atoms with Crippen LogP contribution < -0.4 is 16.0 Å². The Hall–Kier alpha value is -2.80. The first-order chi connectivity index (χ1) is 12.6. The van der Waals surface area contributed by atoms with E-state index in [1.807, 2.05) is 12.1 Å². The fraction of sp³-hybridized carbons (Fsp3) is 0.278. The fourth-order valence-electron chi connectivity index (χ4n) is 3.20. The second-order valence-corrected chi connectivity index (χ2v) is 6.75. The lowest BCUT2D eigenvalue weighted by molar-refractivity contribution is -0.120. The van der Waals surface area contributed by atoms with Crippen molar-refractivity contribution in [3.63, 3.8) is 0 Å². The maximum atomic E-state index is 12.5. The molecule has 1 amide bonds. The summed E-state index contributed by atoms with van der Waals surface area (Å²) in [7, 11) is 0. The molecule has 7 nitrogen and oxygen atoms in total. The van der Waals surface area contributed by atoms with Gasteiger partial charge in [-0.05, 0) is 43.2 Å². The van der Waals surface area contributed by atoms with Gasteiger partial charge in [0.15, 0.2) is 5.58 Å². The SMILES string of the molecule is O=C(Nc1ccc2oc(=O)[nH]c2c1)C1CCN(c2ccc(Cl)cn2)CC1. The van der Waals surface area contributed by atoms with Crippen molar-refractivity contribution in [3.05, 3.63) is 52.1 Å². The molecule has 1 aliphatic heterocycles. The largest absolute Gasteiger partial charge is 0.417 e. The number of oxazole rings is 1. The van der Waals surface area contributed by atoms with E-state index < -0.39 is 5.76 Å². The van der Waals surface area contributed by atoms with Gasteiger partial charge in [-0.25, -0.2) is 9.78 Å². The monoisotopic (exact) mass is 372 g/mol. The number of anilines is 2.